The van der Waals surface area contributed by atoms with Gasteiger partial charge in [-0.2, -0.15) is 5.10 Å². The summed E-state index contributed by atoms with van der Waals surface area (Å²) in [6.07, 6.45) is 0.864. The van der Waals surface area contributed by atoms with Crippen molar-refractivity contribution in [1.29, 1.82) is 0 Å². The van der Waals surface area contributed by atoms with E-state index in [9.17, 15) is 4.79 Å². The van der Waals surface area contributed by atoms with Gasteiger partial charge in [-0.15, -0.1) is 0 Å². The Bertz CT molecular complexity index is 612. The van der Waals surface area contributed by atoms with Crippen molar-refractivity contribution < 1.29 is 4.74 Å². The van der Waals surface area contributed by atoms with Crippen molar-refractivity contribution in [2.24, 2.45) is 5.73 Å². The number of nitrogens with two attached hydrogens (primary N) is 1. The first-order chi connectivity index (χ1) is 9.67. The van der Waals surface area contributed by atoms with Crippen molar-refractivity contribution in [3.63, 3.8) is 0 Å². The van der Waals surface area contributed by atoms with E-state index in [0.717, 1.165) is 18.8 Å². The lowest BCUT2D eigenvalue weighted by Crippen LogP contribution is -2.31. The molecule has 8 heteroatoms. The maximum absolute atomic E-state index is 11.6. The number of nitrogens with one attached hydrogen (secondary N) is 1. The molecule has 0 saturated carbocycles. The van der Waals surface area contributed by atoms with Crippen molar-refractivity contribution >= 4 is 11.5 Å². The molecule has 20 heavy (non-hydrogen) atoms. The van der Waals surface area contributed by atoms with Crippen LogP contribution in [0.15, 0.2) is 10.9 Å². The molecule has 0 unspecified atom stereocenters. The molecule has 2 aromatic heterocycles. The van der Waals surface area contributed by atoms with Gasteiger partial charge in [-0.25, -0.2) is 19.3 Å². The van der Waals surface area contributed by atoms with Gasteiger partial charge in [-0.3, -0.25) is 0 Å². The Morgan fingerprint density at radius 2 is 2.30 bits per heavy atom. The van der Waals surface area contributed by atoms with Gasteiger partial charge in [-0.1, -0.05) is 0 Å². The Hall–Kier alpha value is -1.93. The average molecular weight is 280 g/mol. The number of aromatic amines is 1. The first-order valence-corrected chi connectivity index (χ1v) is 6.56. The van der Waals surface area contributed by atoms with E-state index in [1.165, 1.54) is 4.40 Å². The highest BCUT2D eigenvalue weighted by atomic mass is 16.5. The molecule has 0 radical (unpaired) electrons. The molecule has 0 aliphatic carbocycles. The van der Waals surface area contributed by atoms with Gasteiger partial charge in [0.15, 0.2) is 5.65 Å². The lowest BCUT2D eigenvalue weighted by Gasteiger charge is -2.23. The van der Waals surface area contributed by atoms with Crippen LogP contribution < -0.4 is 16.3 Å². The van der Waals surface area contributed by atoms with Gasteiger partial charge in [-0.05, 0) is 19.9 Å². The summed E-state index contributed by atoms with van der Waals surface area (Å²) < 4.78 is 6.56. The maximum Gasteiger partial charge on any atom is 0.349 e. The monoisotopic (exact) mass is 280 g/mol. The van der Waals surface area contributed by atoms with E-state index in [4.69, 9.17) is 10.5 Å². The van der Waals surface area contributed by atoms with Gasteiger partial charge in [0.05, 0.1) is 6.61 Å². The van der Waals surface area contributed by atoms with E-state index in [-0.39, 0.29) is 5.69 Å². The van der Waals surface area contributed by atoms with Crippen molar-refractivity contribution in [3.8, 4) is 0 Å². The lowest BCUT2D eigenvalue weighted by molar-refractivity contribution is 0.205. The number of rotatable bonds is 7. The third-order valence-electron chi connectivity index (χ3n) is 3.08. The highest BCUT2D eigenvalue weighted by Gasteiger charge is 2.12. The molecule has 0 saturated heterocycles. The van der Waals surface area contributed by atoms with Crippen molar-refractivity contribution in [2.75, 3.05) is 38.3 Å². The van der Waals surface area contributed by atoms with Crippen LogP contribution in [0.3, 0.4) is 0 Å². The molecule has 0 bridgehead atoms. The number of hydrogen-bond donors (Lipinski definition) is 2. The van der Waals surface area contributed by atoms with E-state index in [0.29, 0.717) is 31.2 Å². The zero-order chi connectivity index (χ0) is 14.5. The molecule has 0 fully saturated rings. The summed E-state index contributed by atoms with van der Waals surface area (Å²) in [7, 11) is 1.66. The van der Waals surface area contributed by atoms with Crippen molar-refractivity contribution in [2.45, 2.75) is 13.3 Å². The first-order valence-electron chi connectivity index (χ1n) is 6.56. The second-order valence-corrected chi connectivity index (χ2v) is 4.51. The molecule has 0 amide bonds. The fourth-order valence-electron chi connectivity index (χ4n) is 2.07. The fourth-order valence-corrected chi connectivity index (χ4v) is 2.07. The number of hydrogen-bond acceptors (Lipinski definition) is 6. The Kier molecular flexibility index (Phi) is 4.70. The highest BCUT2D eigenvalue weighted by molar-refractivity contribution is 5.51. The molecular formula is C12H20N6O2. The number of H-pyrrole nitrogens is 1. The van der Waals surface area contributed by atoms with Crippen LogP contribution in [0.2, 0.25) is 0 Å². The molecule has 0 spiro atoms. The second-order valence-electron chi connectivity index (χ2n) is 4.51. The van der Waals surface area contributed by atoms with Gasteiger partial charge >= 0.3 is 5.69 Å². The number of anilines is 1. The Morgan fingerprint density at radius 3 is 3.00 bits per heavy atom. The van der Waals surface area contributed by atoms with Crippen LogP contribution in [0, 0.1) is 6.92 Å². The minimum absolute atomic E-state index is 0.276. The zero-order valence-electron chi connectivity index (χ0n) is 11.8. The summed E-state index contributed by atoms with van der Waals surface area (Å²) in [6, 6.07) is 1.79. The zero-order valence-corrected chi connectivity index (χ0v) is 11.8. The second kappa shape index (κ2) is 6.49. The largest absolute Gasteiger partial charge is 0.383 e. The molecule has 110 valence electrons. The standard InChI is InChI=1S/C12H20N6O2/c1-9-14-10(8-11-15-16-12(19)18(9)11)17(5-3-4-13)6-7-20-2/h8H,3-7,13H2,1-2H3,(H,16,19). The van der Waals surface area contributed by atoms with Crippen LogP contribution in [-0.4, -0.2) is 52.9 Å². The lowest BCUT2D eigenvalue weighted by atomic mass is 10.3. The Balaban J connectivity index is 2.34. The first kappa shape index (κ1) is 14.5. The quantitative estimate of drug-likeness (QED) is 0.711. The van der Waals surface area contributed by atoms with Gasteiger partial charge in [0.1, 0.15) is 11.6 Å². The van der Waals surface area contributed by atoms with Gasteiger partial charge < -0.3 is 15.4 Å². The predicted octanol–water partition coefficient (Wildman–Crippen LogP) is -0.472. The summed E-state index contributed by atoms with van der Waals surface area (Å²) >= 11 is 0. The molecule has 3 N–H and O–H groups in total. The van der Waals surface area contributed by atoms with E-state index < -0.39 is 0 Å². The van der Waals surface area contributed by atoms with E-state index in [2.05, 4.69) is 20.1 Å². The van der Waals surface area contributed by atoms with Gasteiger partial charge in [0.25, 0.3) is 0 Å². The molecule has 2 rings (SSSR count). The predicted molar refractivity (Wildman–Crippen MR) is 76.1 cm³/mol. The smallest absolute Gasteiger partial charge is 0.349 e. The normalized spacial score (nSPS) is 11.2. The molecule has 0 aliphatic rings. The fraction of sp³-hybridized carbons (Fsp3) is 0.583. The van der Waals surface area contributed by atoms with Crippen LogP contribution in [0.25, 0.3) is 5.65 Å². The molecular weight excluding hydrogens is 260 g/mol. The summed E-state index contributed by atoms with van der Waals surface area (Å²) in [5, 5.41) is 6.41. The van der Waals surface area contributed by atoms with Crippen LogP contribution in [0.4, 0.5) is 5.82 Å². The van der Waals surface area contributed by atoms with Crippen molar-refractivity contribution in [3.05, 3.63) is 22.4 Å². The summed E-state index contributed by atoms with van der Waals surface area (Å²) in [6.45, 7) is 4.51. The van der Waals surface area contributed by atoms with E-state index in [1.807, 2.05) is 0 Å². The number of methoxy groups -OCH3 is 1. The number of aryl methyl sites for hydroxylation is 1. The van der Waals surface area contributed by atoms with Crippen molar-refractivity contribution in [1.82, 2.24) is 19.6 Å². The van der Waals surface area contributed by atoms with E-state index >= 15 is 0 Å². The molecule has 2 heterocycles. The van der Waals surface area contributed by atoms with E-state index in [1.54, 1.807) is 20.1 Å². The average Bonchev–Trinajstić information content (AvgIpc) is 2.81. The third kappa shape index (κ3) is 2.97. The Labute approximate surface area is 116 Å². The Morgan fingerprint density at radius 1 is 1.50 bits per heavy atom. The summed E-state index contributed by atoms with van der Waals surface area (Å²) in [5.41, 5.74) is 5.85. The summed E-state index contributed by atoms with van der Waals surface area (Å²) in [4.78, 5) is 18.1. The SMILES string of the molecule is COCCN(CCCN)c1cc2n[nH]c(=O)n2c(C)n1. The minimum Gasteiger partial charge on any atom is -0.383 e. The topological polar surface area (TPSA) is 102 Å². The molecule has 0 aromatic carbocycles. The number of fused-ring (bicyclic) bond motifs is 1. The highest BCUT2D eigenvalue weighted by Crippen LogP contribution is 2.14. The number of ether oxygens (including phenoxy) is 1. The summed E-state index contributed by atoms with van der Waals surface area (Å²) in [5.74, 6) is 1.38. The van der Waals surface area contributed by atoms with Crippen LogP contribution in [0.5, 0.6) is 0 Å². The maximum atomic E-state index is 11.6. The molecule has 2 aromatic rings. The van der Waals surface area contributed by atoms with Crippen LogP contribution >= 0.6 is 0 Å². The minimum atomic E-state index is -0.276. The number of aromatic nitrogens is 4. The third-order valence-corrected chi connectivity index (χ3v) is 3.08. The van der Waals surface area contributed by atoms with Gasteiger partial charge in [0, 0.05) is 26.3 Å². The van der Waals surface area contributed by atoms with Gasteiger partial charge in [0.2, 0.25) is 0 Å². The van der Waals surface area contributed by atoms with Crippen LogP contribution in [0.1, 0.15) is 12.2 Å². The molecule has 0 atom stereocenters. The molecule has 0 aliphatic heterocycles. The van der Waals surface area contributed by atoms with Crippen LogP contribution in [-0.2, 0) is 4.74 Å². The number of nitrogens with zero attached hydrogens (tertiary/aromatic N) is 4. The molecule has 8 nitrogen and oxygen atoms in total.